The first-order valence-corrected chi connectivity index (χ1v) is 7.12. The average Bonchev–Trinajstić information content (AvgIpc) is 3.20. The molecule has 2 rings (SSSR count). The molecule has 2 atom stereocenters. The molecule has 1 saturated carbocycles. The maximum absolute atomic E-state index is 6.39. The number of halogens is 1. The van der Waals surface area contributed by atoms with Gasteiger partial charge in [0.2, 0.25) is 0 Å². The van der Waals surface area contributed by atoms with Gasteiger partial charge in [0.15, 0.2) is 0 Å². The Morgan fingerprint density at radius 1 is 1.44 bits per heavy atom. The van der Waals surface area contributed by atoms with Crippen LogP contribution in [-0.2, 0) is 0 Å². The van der Waals surface area contributed by atoms with E-state index < -0.39 is 0 Å². The zero-order chi connectivity index (χ0) is 13.1. The molecule has 0 aliphatic heterocycles. The molecule has 1 aromatic rings. The smallest absolute Gasteiger partial charge is 0.120 e. The summed E-state index contributed by atoms with van der Waals surface area (Å²) in [6.45, 7) is 5.43. The Kier molecular flexibility index (Phi) is 4.52. The minimum atomic E-state index is 0.348. The van der Waals surface area contributed by atoms with Gasteiger partial charge < -0.3 is 10.1 Å². The molecular weight excluding hydrogens is 246 g/mol. The number of methoxy groups -OCH3 is 1. The average molecular weight is 268 g/mol. The van der Waals surface area contributed by atoms with Crippen molar-refractivity contribution in [1.29, 1.82) is 0 Å². The summed E-state index contributed by atoms with van der Waals surface area (Å²) in [6, 6.07) is 6.33. The van der Waals surface area contributed by atoms with Crippen LogP contribution < -0.4 is 10.1 Å². The van der Waals surface area contributed by atoms with Gasteiger partial charge >= 0.3 is 0 Å². The van der Waals surface area contributed by atoms with Gasteiger partial charge in [0.25, 0.3) is 0 Å². The third kappa shape index (κ3) is 2.99. The fraction of sp³-hybridized carbons (Fsp3) is 0.600. The van der Waals surface area contributed by atoms with Gasteiger partial charge in [0.1, 0.15) is 5.75 Å². The van der Waals surface area contributed by atoms with Gasteiger partial charge in [0, 0.05) is 11.1 Å². The van der Waals surface area contributed by atoms with E-state index in [-0.39, 0.29) is 0 Å². The molecule has 2 unspecified atom stereocenters. The lowest BCUT2D eigenvalue weighted by Crippen LogP contribution is -2.28. The highest BCUT2D eigenvalue weighted by Crippen LogP contribution is 2.44. The maximum atomic E-state index is 6.39. The highest BCUT2D eigenvalue weighted by atomic mass is 35.5. The van der Waals surface area contributed by atoms with Crippen LogP contribution in [0.5, 0.6) is 5.75 Å². The van der Waals surface area contributed by atoms with E-state index in [4.69, 9.17) is 16.3 Å². The van der Waals surface area contributed by atoms with E-state index in [1.807, 2.05) is 12.1 Å². The summed E-state index contributed by atoms with van der Waals surface area (Å²) in [5.74, 6) is 2.31. The van der Waals surface area contributed by atoms with E-state index in [1.165, 1.54) is 18.4 Å². The van der Waals surface area contributed by atoms with Crippen LogP contribution in [0, 0.1) is 11.8 Å². The normalized spacial score (nSPS) is 18.4. The Bertz CT molecular complexity index is 403. The molecule has 0 bridgehead atoms. The highest BCUT2D eigenvalue weighted by Gasteiger charge is 2.34. The molecule has 1 aliphatic rings. The van der Waals surface area contributed by atoms with Crippen molar-refractivity contribution in [3.05, 3.63) is 28.8 Å². The summed E-state index contributed by atoms with van der Waals surface area (Å²) < 4.78 is 5.21. The van der Waals surface area contributed by atoms with Crippen molar-refractivity contribution in [3.8, 4) is 5.75 Å². The van der Waals surface area contributed by atoms with Crippen LogP contribution in [0.25, 0.3) is 0 Å². The Labute approximate surface area is 115 Å². The number of hydrogen-bond acceptors (Lipinski definition) is 2. The predicted molar refractivity (Wildman–Crippen MR) is 76.3 cm³/mol. The first-order valence-electron chi connectivity index (χ1n) is 6.74. The summed E-state index contributed by atoms with van der Waals surface area (Å²) in [4.78, 5) is 0. The fourth-order valence-corrected chi connectivity index (χ4v) is 2.87. The first-order chi connectivity index (χ1) is 8.67. The molecule has 2 nitrogen and oxygen atoms in total. The van der Waals surface area contributed by atoms with Crippen molar-refractivity contribution in [3.63, 3.8) is 0 Å². The van der Waals surface area contributed by atoms with Crippen LogP contribution in [0.4, 0.5) is 0 Å². The molecule has 0 saturated heterocycles. The monoisotopic (exact) mass is 267 g/mol. The standard InChI is InChI=1S/C15H22ClNO/c1-4-17-15(10(2)11-5-6-11)13-8-7-12(18-3)9-14(13)16/h7-11,15,17H,4-6H2,1-3H3. The number of rotatable bonds is 6. The molecule has 0 spiro atoms. The largest absolute Gasteiger partial charge is 0.497 e. The summed E-state index contributed by atoms with van der Waals surface area (Å²) in [6.07, 6.45) is 2.72. The van der Waals surface area contributed by atoms with Crippen molar-refractivity contribution >= 4 is 11.6 Å². The van der Waals surface area contributed by atoms with E-state index in [2.05, 4.69) is 25.2 Å². The van der Waals surface area contributed by atoms with Crippen LogP contribution in [-0.4, -0.2) is 13.7 Å². The summed E-state index contributed by atoms with van der Waals surface area (Å²) in [5, 5.41) is 4.37. The van der Waals surface area contributed by atoms with Crippen LogP contribution in [0.1, 0.15) is 38.3 Å². The Morgan fingerprint density at radius 3 is 2.67 bits per heavy atom. The molecule has 1 aromatic carbocycles. The molecule has 0 aromatic heterocycles. The van der Waals surface area contributed by atoms with E-state index in [9.17, 15) is 0 Å². The number of ether oxygens (including phenoxy) is 1. The zero-order valence-corrected chi connectivity index (χ0v) is 12.1. The zero-order valence-electron chi connectivity index (χ0n) is 11.4. The molecule has 1 aliphatic carbocycles. The van der Waals surface area contributed by atoms with E-state index in [1.54, 1.807) is 7.11 Å². The van der Waals surface area contributed by atoms with Gasteiger partial charge in [-0.1, -0.05) is 31.5 Å². The van der Waals surface area contributed by atoms with Gasteiger partial charge in [-0.2, -0.15) is 0 Å². The van der Waals surface area contributed by atoms with Gasteiger partial charge in [0.05, 0.1) is 7.11 Å². The Hall–Kier alpha value is -0.730. The molecular formula is C15H22ClNO. The SMILES string of the molecule is CCNC(c1ccc(OC)cc1Cl)C(C)C1CC1. The second-order valence-corrected chi connectivity index (χ2v) is 5.53. The topological polar surface area (TPSA) is 21.3 Å². The Balaban J connectivity index is 2.23. The lowest BCUT2D eigenvalue weighted by Gasteiger charge is -2.26. The highest BCUT2D eigenvalue weighted by molar-refractivity contribution is 6.31. The second-order valence-electron chi connectivity index (χ2n) is 5.12. The lowest BCUT2D eigenvalue weighted by atomic mass is 9.90. The van der Waals surface area contributed by atoms with Crippen LogP contribution >= 0.6 is 11.6 Å². The minimum absolute atomic E-state index is 0.348. The van der Waals surface area contributed by atoms with Crippen LogP contribution in [0.3, 0.4) is 0 Å². The number of nitrogens with one attached hydrogen (secondary N) is 1. The van der Waals surface area contributed by atoms with E-state index in [0.29, 0.717) is 12.0 Å². The van der Waals surface area contributed by atoms with Crippen molar-refractivity contribution < 1.29 is 4.74 Å². The first kappa shape index (κ1) is 13.7. The van der Waals surface area contributed by atoms with Crippen molar-refractivity contribution in [1.82, 2.24) is 5.32 Å². The lowest BCUT2D eigenvalue weighted by molar-refractivity contribution is 0.354. The Morgan fingerprint density at radius 2 is 2.17 bits per heavy atom. The number of benzene rings is 1. The molecule has 18 heavy (non-hydrogen) atoms. The van der Waals surface area contributed by atoms with Crippen LogP contribution in [0.15, 0.2) is 18.2 Å². The van der Waals surface area contributed by atoms with E-state index >= 15 is 0 Å². The van der Waals surface area contributed by atoms with Gasteiger partial charge in [-0.05, 0) is 48.9 Å². The van der Waals surface area contributed by atoms with Crippen LogP contribution in [0.2, 0.25) is 5.02 Å². The molecule has 1 N–H and O–H groups in total. The third-order valence-corrected chi connectivity index (χ3v) is 4.19. The summed E-state index contributed by atoms with van der Waals surface area (Å²) in [5.41, 5.74) is 1.19. The predicted octanol–water partition coefficient (Wildman–Crippen LogP) is 4.05. The summed E-state index contributed by atoms with van der Waals surface area (Å²) >= 11 is 6.39. The van der Waals surface area contributed by atoms with Gasteiger partial charge in [-0.3, -0.25) is 0 Å². The molecule has 0 amide bonds. The van der Waals surface area contributed by atoms with Crippen molar-refractivity contribution in [2.24, 2.45) is 11.8 Å². The second kappa shape index (κ2) is 5.94. The fourth-order valence-electron chi connectivity index (χ4n) is 2.58. The molecule has 100 valence electrons. The maximum Gasteiger partial charge on any atom is 0.120 e. The van der Waals surface area contributed by atoms with Crippen molar-refractivity contribution in [2.75, 3.05) is 13.7 Å². The van der Waals surface area contributed by atoms with Gasteiger partial charge in [-0.25, -0.2) is 0 Å². The number of hydrogen-bond donors (Lipinski definition) is 1. The third-order valence-electron chi connectivity index (χ3n) is 3.86. The molecule has 1 fully saturated rings. The summed E-state index contributed by atoms with van der Waals surface area (Å²) in [7, 11) is 1.67. The molecule has 0 radical (unpaired) electrons. The molecule has 0 heterocycles. The van der Waals surface area contributed by atoms with E-state index in [0.717, 1.165) is 23.2 Å². The minimum Gasteiger partial charge on any atom is -0.497 e. The molecule has 3 heteroatoms. The van der Waals surface area contributed by atoms with Crippen molar-refractivity contribution in [2.45, 2.75) is 32.7 Å². The quantitative estimate of drug-likeness (QED) is 0.840. The van der Waals surface area contributed by atoms with Gasteiger partial charge in [-0.15, -0.1) is 0 Å².